The number of carbonyl (C=O) groups excluding carboxylic acids is 4. The van der Waals surface area contributed by atoms with Crippen molar-refractivity contribution in [2.24, 2.45) is 5.92 Å². The van der Waals surface area contributed by atoms with E-state index >= 15 is 0 Å². The number of aryl methyl sites for hydroxylation is 1. The Kier molecular flexibility index (Phi) is 6.82. The van der Waals surface area contributed by atoms with Gasteiger partial charge in [-0.1, -0.05) is 24.3 Å². The van der Waals surface area contributed by atoms with Gasteiger partial charge in [-0.15, -0.1) is 0 Å². The molecule has 0 unspecified atom stereocenters. The van der Waals surface area contributed by atoms with E-state index in [9.17, 15) is 39.3 Å². The Morgan fingerprint density at radius 1 is 0.913 bits per heavy atom. The fourth-order valence-corrected chi connectivity index (χ4v) is 7.46. The van der Waals surface area contributed by atoms with E-state index in [2.05, 4.69) is 15.6 Å². The van der Waals surface area contributed by atoms with Crippen molar-refractivity contribution in [3.05, 3.63) is 91.6 Å². The monoisotopic (exact) mass is 621 g/mol. The maximum Gasteiger partial charge on any atom is 0.260 e. The molecule has 234 valence electrons. The Hall–Kier alpha value is -5.29. The number of fused-ring (bicyclic) bond motifs is 5. The summed E-state index contributed by atoms with van der Waals surface area (Å²) in [4.78, 5) is 71.3. The summed E-state index contributed by atoms with van der Waals surface area (Å²) in [5.41, 5.74) is -4.18. The van der Waals surface area contributed by atoms with Gasteiger partial charge in [-0.2, -0.15) is 0 Å². The number of phenols is 3. The highest BCUT2D eigenvalue weighted by Gasteiger charge is 2.61. The molecule has 0 radical (unpaired) electrons. The Labute approximate surface area is 262 Å². The highest BCUT2D eigenvalue weighted by molar-refractivity contribution is 6.39. The Balaban J connectivity index is 1.33. The average molecular weight is 622 g/mol. The summed E-state index contributed by atoms with van der Waals surface area (Å²) < 4.78 is 0. The zero-order chi connectivity index (χ0) is 32.5. The number of aromatic hydroxyl groups is 3. The molecule has 0 bridgehead atoms. The van der Waals surface area contributed by atoms with Crippen LogP contribution in [0, 0.1) is 5.92 Å². The normalized spacial score (nSPS) is 21.1. The van der Waals surface area contributed by atoms with Crippen LogP contribution in [0.25, 0.3) is 16.8 Å². The van der Waals surface area contributed by atoms with Crippen molar-refractivity contribution >= 4 is 40.0 Å². The van der Waals surface area contributed by atoms with Crippen LogP contribution >= 0.6 is 0 Å². The van der Waals surface area contributed by atoms with Gasteiger partial charge < -0.3 is 30.9 Å². The molecular weight excluding hydrogens is 590 g/mol. The number of ketones is 4. The molecule has 2 heterocycles. The molecule has 6 N–H and O–H groups in total. The largest absolute Gasteiger partial charge is 0.507 e. The van der Waals surface area contributed by atoms with Gasteiger partial charge in [0.25, 0.3) is 5.56 Å². The number of hydrogen-bond donors (Lipinski definition) is 6. The molecular formula is C35H31N3O8. The summed E-state index contributed by atoms with van der Waals surface area (Å²) in [5.74, 6) is -5.45. The lowest BCUT2D eigenvalue weighted by atomic mass is 9.76. The van der Waals surface area contributed by atoms with Crippen molar-refractivity contribution < 1.29 is 34.5 Å². The van der Waals surface area contributed by atoms with Gasteiger partial charge in [0.1, 0.15) is 22.7 Å². The molecule has 4 aliphatic rings. The summed E-state index contributed by atoms with van der Waals surface area (Å²) >= 11 is 0. The summed E-state index contributed by atoms with van der Waals surface area (Å²) in [6.07, 6.45) is 9.88. The number of allylic oxidation sites excluding steroid dienone is 5. The topological polar surface area (TPSA) is 186 Å². The molecule has 1 aliphatic heterocycles. The molecule has 1 fully saturated rings. The SMILES string of the molecule is CC=CC=Cc1cc2cc3c(c(O)c2c(=O)[nH]1)[C@@]1(CC3)C(=O)c2c(O)c3c(c(O)c2C1=O)C(=O)C(NCC1CCNCC1)=CC3=O. The van der Waals surface area contributed by atoms with Crippen molar-refractivity contribution in [1.29, 1.82) is 0 Å². The van der Waals surface area contributed by atoms with Crippen LogP contribution in [0.5, 0.6) is 17.2 Å². The molecule has 1 atom stereocenters. The Bertz CT molecular complexity index is 2080. The Morgan fingerprint density at radius 2 is 1.61 bits per heavy atom. The van der Waals surface area contributed by atoms with Gasteiger partial charge >= 0.3 is 0 Å². The van der Waals surface area contributed by atoms with E-state index in [4.69, 9.17) is 0 Å². The molecule has 1 saturated heterocycles. The van der Waals surface area contributed by atoms with Crippen LogP contribution in [0.2, 0.25) is 0 Å². The van der Waals surface area contributed by atoms with E-state index in [1.165, 1.54) is 0 Å². The van der Waals surface area contributed by atoms with Crippen LogP contribution in [0.1, 0.15) is 84.4 Å². The number of phenolic OH excluding ortho intramolecular Hbond substituents is 3. The van der Waals surface area contributed by atoms with Crippen molar-refractivity contribution in [2.45, 2.75) is 38.0 Å². The predicted molar refractivity (Wildman–Crippen MR) is 169 cm³/mol. The fraction of sp³-hybridized carbons (Fsp3) is 0.286. The van der Waals surface area contributed by atoms with Crippen LogP contribution in [-0.2, 0) is 11.8 Å². The number of aromatic nitrogens is 1. The van der Waals surface area contributed by atoms with Gasteiger partial charge in [0.15, 0.2) is 17.3 Å². The van der Waals surface area contributed by atoms with Gasteiger partial charge in [0.2, 0.25) is 5.78 Å². The number of benzene rings is 2. The molecule has 0 saturated carbocycles. The van der Waals surface area contributed by atoms with E-state index in [-0.39, 0.29) is 35.4 Å². The van der Waals surface area contributed by atoms with Crippen molar-refractivity contribution in [3.8, 4) is 17.2 Å². The maximum absolute atomic E-state index is 14.3. The van der Waals surface area contributed by atoms with E-state index in [0.717, 1.165) is 32.0 Å². The van der Waals surface area contributed by atoms with Gasteiger partial charge in [-0.25, -0.2) is 0 Å². The van der Waals surface area contributed by atoms with Crippen LogP contribution in [-0.4, -0.2) is 63.1 Å². The minimum absolute atomic E-state index is 0.0772. The molecule has 1 spiro atoms. The van der Waals surface area contributed by atoms with Gasteiger partial charge in [-0.3, -0.25) is 24.0 Å². The van der Waals surface area contributed by atoms with Crippen LogP contribution < -0.4 is 16.2 Å². The number of rotatable bonds is 5. The third-order valence-electron chi connectivity index (χ3n) is 9.69. The minimum Gasteiger partial charge on any atom is -0.507 e. The first-order valence-corrected chi connectivity index (χ1v) is 15.3. The summed E-state index contributed by atoms with van der Waals surface area (Å²) in [6.45, 7) is 3.92. The molecule has 1 aromatic heterocycles. The third kappa shape index (κ3) is 4.04. The average Bonchev–Trinajstić information content (AvgIpc) is 3.53. The lowest BCUT2D eigenvalue weighted by Gasteiger charge is -2.25. The molecule has 11 heteroatoms. The van der Waals surface area contributed by atoms with Crippen molar-refractivity contribution in [1.82, 2.24) is 15.6 Å². The number of Topliss-reactive ketones (excluding diaryl/α,β-unsaturated/α-hetero) is 3. The zero-order valence-electron chi connectivity index (χ0n) is 25.0. The molecule has 46 heavy (non-hydrogen) atoms. The second kappa shape index (κ2) is 10.7. The van der Waals surface area contributed by atoms with Crippen LogP contribution in [0.15, 0.2) is 46.9 Å². The fourth-order valence-electron chi connectivity index (χ4n) is 7.46. The number of nitrogens with one attached hydrogen (secondary N) is 3. The van der Waals surface area contributed by atoms with E-state index in [1.54, 1.807) is 30.4 Å². The standard InChI is InChI=1S/C35H31N3O8/c1-2-3-4-5-19-13-18-12-17-6-9-35(27(17)31(43)22(18)34(46)38-19)32(44)25-26(33(35)45)30(42)24-23(29(25)41)21(39)14-20(28(24)40)37-15-16-7-10-36-11-8-16/h2-5,12-14,16,36-37,41-43H,6-11,15H2,1H3,(H,38,46)/t35-/m0/s1. The number of H-pyrrole nitrogens is 1. The van der Waals surface area contributed by atoms with Crippen molar-refractivity contribution in [2.75, 3.05) is 19.6 Å². The number of pyridine rings is 1. The summed E-state index contributed by atoms with van der Waals surface area (Å²) in [6, 6.07) is 3.31. The number of aromatic amines is 1. The first-order chi connectivity index (χ1) is 22.1. The number of carbonyl (C=O) groups is 4. The number of piperidine rings is 1. The second-order valence-corrected chi connectivity index (χ2v) is 12.2. The highest BCUT2D eigenvalue weighted by atomic mass is 16.3. The molecule has 11 nitrogen and oxygen atoms in total. The molecule has 7 rings (SSSR count). The zero-order valence-corrected chi connectivity index (χ0v) is 25.0. The quantitative estimate of drug-likeness (QED) is 0.140. The van der Waals surface area contributed by atoms with Gasteiger partial charge in [0, 0.05) is 23.9 Å². The highest BCUT2D eigenvalue weighted by Crippen LogP contribution is 2.57. The predicted octanol–water partition coefficient (Wildman–Crippen LogP) is 3.35. The summed E-state index contributed by atoms with van der Waals surface area (Å²) in [7, 11) is 0. The first kappa shape index (κ1) is 29.4. The van der Waals surface area contributed by atoms with E-state index < -0.39 is 73.6 Å². The lowest BCUT2D eigenvalue weighted by molar-refractivity contribution is 0.0790. The molecule has 0 amide bonds. The maximum atomic E-state index is 14.3. The van der Waals surface area contributed by atoms with E-state index in [1.807, 2.05) is 13.0 Å². The smallest absolute Gasteiger partial charge is 0.260 e. The summed E-state index contributed by atoms with van der Waals surface area (Å²) in [5, 5.41) is 40.8. The lowest BCUT2D eigenvalue weighted by Crippen LogP contribution is -2.36. The first-order valence-electron chi connectivity index (χ1n) is 15.3. The van der Waals surface area contributed by atoms with Crippen LogP contribution in [0.3, 0.4) is 0 Å². The van der Waals surface area contributed by atoms with Gasteiger partial charge in [0.05, 0.1) is 33.3 Å². The number of hydrogen-bond acceptors (Lipinski definition) is 10. The van der Waals surface area contributed by atoms with Gasteiger partial charge in [-0.05, 0) is 74.7 Å². The minimum atomic E-state index is -2.07. The Morgan fingerprint density at radius 3 is 2.30 bits per heavy atom. The molecule has 2 aromatic carbocycles. The second-order valence-electron chi connectivity index (χ2n) is 12.2. The molecule has 3 aromatic rings. The van der Waals surface area contributed by atoms with E-state index in [0.29, 0.717) is 23.2 Å². The van der Waals surface area contributed by atoms with Crippen LogP contribution in [0.4, 0.5) is 0 Å². The molecule has 3 aliphatic carbocycles. The third-order valence-corrected chi connectivity index (χ3v) is 9.69. The van der Waals surface area contributed by atoms with Crippen molar-refractivity contribution in [3.63, 3.8) is 0 Å².